The van der Waals surface area contributed by atoms with Crippen molar-refractivity contribution in [1.82, 2.24) is 14.9 Å². The smallest absolute Gasteiger partial charge is 0.125 e. The van der Waals surface area contributed by atoms with Gasteiger partial charge in [-0.1, -0.05) is 0 Å². The van der Waals surface area contributed by atoms with E-state index in [1.807, 2.05) is 6.20 Å². The predicted molar refractivity (Wildman–Crippen MR) is 62.1 cm³/mol. The predicted octanol–water partition coefficient (Wildman–Crippen LogP) is 0.211. The van der Waals surface area contributed by atoms with Crippen LogP contribution >= 0.6 is 0 Å². The second-order valence-corrected chi connectivity index (χ2v) is 4.59. The minimum Gasteiger partial charge on any atom is -0.394 e. The number of H-pyrrole nitrogens is 1. The third kappa shape index (κ3) is 2.42. The third-order valence-electron chi connectivity index (χ3n) is 3.32. The Labute approximate surface area is 95.7 Å². The van der Waals surface area contributed by atoms with Crippen molar-refractivity contribution in [3.63, 3.8) is 0 Å². The SMILES string of the molecule is CN1CCC(c2cnc(C(N)CO)[nH]2)CC1. The van der Waals surface area contributed by atoms with Crippen LogP contribution in [0.25, 0.3) is 0 Å². The molecule has 1 saturated heterocycles. The van der Waals surface area contributed by atoms with Gasteiger partial charge in [-0.05, 0) is 33.0 Å². The summed E-state index contributed by atoms with van der Waals surface area (Å²) in [6.45, 7) is 2.19. The van der Waals surface area contributed by atoms with Crippen molar-refractivity contribution < 1.29 is 5.11 Å². The number of aliphatic hydroxyl groups is 1. The lowest BCUT2D eigenvalue weighted by atomic mass is 9.94. The molecule has 0 radical (unpaired) electrons. The van der Waals surface area contributed by atoms with Crippen molar-refractivity contribution in [3.8, 4) is 0 Å². The molecule has 5 heteroatoms. The van der Waals surface area contributed by atoms with Crippen molar-refractivity contribution in [1.29, 1.82) is 0 Å². The molecule has 16 heavy (non-hydrogen) atoms. The van der Waals surface area contributed by atoms with Gasteiger partial charge < -0.3 is 20.7 Å². The molecule has 4 N–H and O–H groups in total. The quantitative estimate of drug-likeness (QED) is 0.686. The number of likely N-dealkylation sites (tertiary alicyclic amines) is 1. The van der Waals surface area contributed by atoms with Gasteiger partial charge in [-0.15, -0.1) is 0 Å². The van der Waals surface area contributed by atoms with E-state index in [2.05, 4.69) is 21.9 Å². The van der Waals surface area contributed by atoms with Crippen LogP contribution in [0.4, 0.5) is 0 Å². The van der Waals surface area contributed by atoms with Crippen LogP contribution in [0.5, 0.6) is 0 Å². The molecule has 0 amide bonds. The number of aromatic amines is 1. The summed E-state index contributed by atoms with van der Waals surface area (Å²) >= 11 is 0. The molecule has 90 valence electrons. The van der Waals surface area contributed by atoms with Crippen LogP contribution in [-0.2, 0) is 0 Å². The van der Waals surface area contributed by atoms with E-state index in [1.165, 1.54) is 0 Å². The number of aliphatic hydroxyl groups excluding tert-OH is 1. The van der Waals surface area contributed by atoms with Gasteiger partial charge in [0.25, 0.3) is 0 Å². The summed E-state index contributed by atoms with van der Waals surface area (Å²) in [5, 5.41) is 8.95. The highest BCUT2D eigenvalue weighted by molar-refractivity contribution is 5.10. The summed E-state index contributed by atoms with van der Waals surface area (Å²) in [7, 11) is 2.15. The first-order valence-corrected chi connectivity index (χ1v) is 5.80. The Balaban J connectivity index is 2.01. The number of nitrogens with two attached hydrogens (primary N) is 1. The van der Waals surface area contributed by atoms with Gasteiger partial charge in [0.2, 0.25) is 0 Å². The van der Waals surface area contributed by atoms with Gasteiger partial charge in [0.1, 0.15) is 5.82 Å². The first kappa shape index (κ1) is 11.6. The minimum atomic E-state index is -0.389. The van der Waals surface area contributed by atoms with Crippen LogP contribution < -0.4 is 5.73 Å². The molecular weight excluding hydrogens is 204 g/mol. The summed E-state index contributed by atoms with van der Waals surface area (Å²) < 4.78 is 0. The van der Waals surface area contributed by atoms with Crippen molar-refractivity contribution in [2.45, 2.75) is 24.8 Å². The Bertz CT molecular complexity index is 330. The highest BCUT2D eigenvalue weighted by Crippen LogP contribution is 2.26. The molecule has 5 nitrogen and oxygen atoms in total. The summed E-state index contributed by atoms with van der Waals surface area (Å²) in [5.74, 6) is 1.25. The van der Waals surface area contributed by atoms with E-state index in [-0.39, 0.29) is 12.6 Å². The van der Waals surface area contributed by atoms with Crippen LogP contribution in [0.2, 0.25) is 0 Å². The number of hydrogen-bond donors (Lipinski definition) is 3. The number of nitrogens with one attached hydrogen (secondary N) is 1. The summed E-state index contributed by atoms with van der Waals surface area (Å²) in [4.78, 5) is 9.80. The van der Waals surface area contributed by atoms with E-state index in [0.29, 0.717) is 11.7 Å². The van der Waals surface area contributed by atoms with E-state index in [1.54, 1.807) is 0 Å². The zero-order valence-corrected chi connectivity index (χ0v) is 9.69. The van der Waals surface area contributed by atoms with E-state index in [0.717, 1.165) is 31.6 Å². The average molecular weight is 224 g/mol. The molecule has 0 spiro atoms. The molecule has 1 atom stereocenters. The maximum Gasteiger partial charge on any atom is 0.125 e. The summed E-state index contributed by atoms with van der Waals surface area (Å²) in [6.07, 6.45) is 4.18. The Morgan fingerprint density at radius 2 is 2.31 bits per heavy atom. The summed E-state index contributed by atoms with van der Waals surface area (Å²) in [6, 6.07) is -0.389. The zero-order valence-electron chi connectivity index (χ0n) is 9.69. The number of hydrogen-bond acceptors (Lipinski definition) is 4. The topological polar surface area (TPSA) is 78.2 Å². The largest absolute Gasteiger partial charge is 0.394 e. The molecule has 1 aliphatic rings. The monoisotopic (exact) mass is 224 g/mol. The highest BCUT2D eigenvalue weighted by Gasteiger charge is 2.20. The third-order valence-corrected chi connectivity index (χ3v) is 3.32. The van der Waals surface area contributed by atoms with Gasteiger partial charge in [0.05, 0.1) is 12.6 Å². The molecule has 1 fully saturated rings. The normalized spacial score (nSPS) is 21.2. The lowest BCUT2D eigenvalue weighted by Gasteiger charge is -2.28. The van der Waals surface area contributed by atoms with Gasteiger partial charge in [-0.25, -0.2) is 4.98 Å². The lowest BCUT2D eigenvalue weighted by molar-refractivity contribution is 0.252. The fourth-order valence-electron chi connectivity index (χ4n) is 2.15. The van der Waals surface area contributed by atoms with Crippen LogP contribution in [0, 0.1) is 0 Å². The second kappa shape index (κ2) is 4.95. The van der Waals surface area contributed by atoms with Gasteiger partial charge in [-0.3, -0.25) is 0 Å². The molecule has 0 aliphatic carbocycles. The molecule has 0 bridgehead atoms. The molecule has 2 rings (SSSR count). The van der Waals surface area contributed by atoms with Crippen molar-refractivity contribution >= 4 is 0 Å². The fourth-order valence-corrected chi connectivity index (χ4v) is 2.15. The fraction of sp³-hybridized carbons (Fsp3) is 0.727. The van der Waals surface area contributed by atoms with E-state index < -0.39 is 0 Å². The maximum absolute atomic E-state index is 8.95. The molecule has 2 heterocycles. The van der Waals surface area contributed by atoms with Crippen LogP contribution in [0.3, 0.4) is 0 Å². The lowest BCUT2D eigenvalue weighted by Crippen LogP contribution is -2.29. The molecule has 0 aromatic carbocycles. The van der Waals surface area contributed by atoms with Crippen LogP contribution in [-0.4, -0.2) is 46.7 Å². The second-order valence-electron chi connectivity index (χ2n) is 4.59. The van der Waals surface area contributed by atoms with Crippen molar-refractivity contribution in [2.75, 3.05) is 26.7 Å². The number of rotatable bonds is 3. The highest BCUT2D eigenvalue weighted by atomic mass is 16.3. The molecule has 1 aromatic heterocycles. The molecular formula is C11H20N4O. The Morgan fingerprint density at radius 3 is 2.94 bits per heavy atom. The van der Waals surface area contributed by atoms with Crippen LogP contribution in [0.15, 0.2) is 6.20 Å². The van der Waals surface area contributed by atoms with Gasteiger partial charge >= 0.3 is 0 Å². The first-order chi connectivity index (χ1) is 7.70. The van der Waals surface area contributed by atoms with E-state index in [4.69, 9.17) is 10.8 Å². The Kier molecular flexibility index (Phi) is 3.58. The van der Waals surface area contributed by atoms with Gasteiger partial charge in [0, 0.05) is 17.8 Å². The first-order valence-electron chi connectivity index (χ1n) is 5.80. The molecule has 1 aliphatic heterocycles. The van der Waals surface area contributed by atoms with Gasteiger partial charge in [0.15, 0.2) is 0 Å². The Hall–Kier alpha value is -0.910. The summed E-state index contributed by atoms with van der Waals surface area (Å²) in [5.41, 5.74) is 6.87. The molecule has 1 unspecified atom stereocenters. The van der Waals surface area contributed by atoms with E-state index in [9.17, 15) is 0 Å². The number of piperidine rings is 1. The van der Waals surface area contributed by atoms with Crippen molar-refractivity contribution in [2.24, 2.45) is 5.73 Å². The number of nitrogens with zero attached hydrogens (tertiary/aromatic N) is 2. The number of aromatic nitrogens is 2. The standard InChI is InChI=1S/C11H20N4O/c1-15-4-2-8(3-5-15)10-6-13-11(14-10)9(12)7-16/h6,8-9,16H,2-5,7,12H2,1H3,(H,13,14). The minimum absolute atomic E-state index is 0.0691. The number of imidazole rings is 1. The molecule has 0 saturated carbocycles. The average Bonchev–Trinajstić information content (AvgIpc) is 2.78. The van der Waals surface area contributed by atoms with Crippen LogP contribution in [0.1, 0.15) is 36.3 Å². The Morgan fingerprint density at radius 1 is 1.62 bits per heavy atom. The van der Waals surface area contributed by atoms with E-state index >= 15 is 0 Å². The van der Waals surface area contributed by atoms with Crippen molar-refractivity contribution in [3.05, 3.63) is 17.7 Å². The maximum atomic E-state index is 8.95. The van der Waals surface area contributed by atoms with Gasteiger partial charge in [-0.2, -0.15) is 0 Å². The zero-order chi connectivity index (χ0) is 11.5. The molecule has 1 aromatic rings.